The van der Waals surface area contributed by atoms with E-state index in [4.69, 9.17) is 0 Å². The second kappa shape index (κ2) is 4.86. The molecule has 5 nitrogen and oxygen atoms in total. The molecule has 1 fully saturated rings. The van der Waals surface area contributed by atoms with E-state index in [2.05, 4.69) is 12.2 Å². The van der Waals surface area contributed by atoms with Crippen molar-refractivity contribution in [2.45, 2.75) is 25.4 Å². The number of nitrogens with zero attached hydrogens (tertiary/aromatic N) is 1. The van der Waals surface area contributed by atoms with Gasteiger partial charge in [0.05, 0.1) is 4.92 Å². The molecule has 1 N–H and O–H groups in total. The minimum absolute atomic E-state index is 0.0256. The molecule has 5 heteroatoms. The van der Waals surface area contributed by atoms with Crippen molar-refractivity contribution in [1.82, 2.24) is 0 Å². The maximum atomic E-state index is 12.9. The van der Waals surface area contributed by atoms with Gasteiger partial charge in [-0.1, -0.05) is 18.2 Å². The summed E-state index contributed by atoms with van der Waals surface area (Å²) in [6.45, 7) is 0. The number of ketones is 1. The molecule has 1 aromatic rings. The highest BCUT2D eigenvalue weighted by Gasteiger charge is 2.56. The summed E-state index contributed by atoms with van der Waals surface area (Å²) in [5.74, 6) is 0.839. The van der Waals surface area contributed by atoms with E-state index in [0.717, 1.165) is 12.8 Å². The SMILES string of the molecule is O=C1C([C@@H](O)c2ccc([N+](=O)[O-])cc2)=CC[C@@]12C[C@H]1C=C[C@@H]2C1. The monoisotopic (exact) mass is 311 g/mol. The van der Waals surface area contributed by atoms with Crippen LogP contribution in [0.2, 0.25) is 0 Å². The van der Waals surface area contributed by atoms with Crippen LogP contribution < -0.4 is 0 Å². The van der Waals surface area contributed by atoms with E-state index in [0.29, 0.717) is 23.5 Å². The number of hydrogen-bond donors (Lipinski definition) is 1. The van der Waals surface area contributed by atoms with Crippen molar-refractivity contribution in [2.75, 3.05) is 0 Å². The Morgan fingerprint density at radius 1 is 1.26 bits per heavy atom. The van der Waals surface area contributed by atoms with E-state index >= 15 is 0 Å². The predicted molar refractivity (Wildman–Crippen MR) is 83.6 cm³/mol. The molecule has 0 radical (unpaired) electrons. The highest BCUT2D eigenvalue weighted by molar-refractivity contribution is 6.04. The lowest BCUT2D eigenvalue weighted by atomic mass is 9.72. The van der Waals surface area contributed by atoms with Gasteiger partial charge in [0.15, 0.2) is 5.78 Å². The summed E-state index contributed by atoms with van der Waals surface area (Å²) in [6, 6.07) is 5.74. The van der Waals surface area contributed by atoms with Crippen LogP contribution in [0.25, 0.3) is 0 Å². The quantitative estimate of drug-likeness (QED) is 0.528. The van der Waals surface area contributed by atoms with Crippen molar-refractivity contribution in [3.05, 3.63) is 63.7 Å². The van der Waals surface area contributed by atoms with Crippen molar-refractivity contribution >= 4 is 11.5 Å². The topological polar surface area (TPSA) is 80.4 Å². The van der Waals surface area contributed by atoms with Gasteiger partial charge in [-0.05, 0) is 48.8 Å². The Bertz CT molecular complexity index is 749. The van der Waals surface area contributed by atoms with E-state index in [1.165, 1.54) is 24.3 Å². The van der Waals surface area contributed by atoms with Gasteiger partial charge in [-0.25, -0.2) is 0 Å². The third-order valence-electron chi connectivity index (χ3n) is 5.62. The summed E-state index contributed by atoms with van der Waals surface area (Å²) in [6.07, 6.45) is 7.82. The second-order valence-corrected chi connectivity index (χ2v) is 6.79. The number of non-ortho nitro benzene ring substituents is 1. The lowest BCUT2D eigenvalue weighted by Crippen LogP contribution is -2.33. The first-order valence-electron chi connectivity index (χ1n) is 7.87. The third kappa shape index (κ3) is 2.00. The molecule has 0 saturated heterocycles. The zero-order valence-electron chi connectivity index (χ0n) is 12.5. The molecule has 4 atom stereocenters. The zero-order valence-corrected chi connectivity index (χ0v) is 12.5. The maximum absolute atomic E-state index is 12.9. The number of carbonyl (C=O) groups excluding carboxylic acids is 1. The molecular weight excluding hydrogens is 294 g/mol. The van der Waals surface area contributed by atoms with Gasteiger partial charge in [-0.3, -0.25) is 14.9 Å². The van der Waals surface area contributed by atoms with Gasteiger partial charge in [0.25, 0.3) is 5.69 Å². The summed E-state index contributed by atoms with van der Waals surface area (Å²) in [5.41, 5.74) is 0.587. The van der Waals surface area contributed by atoms with Crippen molar-refractivity contribution in [1.29, 1.82) is 0 Å². The summed E-state index contributed by atoms with van der Waals surface area (Å²) in [4.78, 5) is 23.2. The number of allylic oxidation sites excluding steroid dienone is 3. The summed E-state index contributed by atoms with van der Waals surface area (Å²) in [7, 11) is 0. The first-order valence-corrected chi connectivity index (χ1v) is 7.87. The standard InChI is InChI=1S/C18H17NO4/c20-16(12-2-5-14(6-3-12)19(22)23)15-7-8-18(17(15)21)10-11-1-4-13(18)9-11/h1-7,11,13,16,20H,8-10H2/t11-,13+,16-,18-/m0/s1. The molecule has 0 aromatic heterocycles. The highest BCUT2D eigenvalue weighted by atomic mass is 16.6. The number of Topliss-reactive ketones (excluding diaryl/α,β-unsaturated/α-hetero) is 1. The van der Waals surface area contributed by atoms with Gasteiger partial charge in [0, 0.05) is 23.1 Å². The van der Waals surface area contributed by atoms with Crippen LogP contribution in [0.4, 0.5) is 5.69 Å². The number of nitro groups is 1. The summed E-state index contributed by atoms with van der Waals surface area (Å²) in [5, 5.41) is 21.3. The number of rotatable bonds is 3. The van der Waals surface area contributed by atoms with E-state index < -0.39 is 11.0 Å². The second-order valence-electron chi connectivity index (χ2n) is 6.79. The van der Waals surface area contributed by atoms with E-state index in [1.807, 2.05) is 6.08 Å². The van der Waals surface area contributed by atoms with Gasteiger partial charge in [-0.2, -0.15) is 0 Å². The molecule has 0 aliphatic heterocycles. The lowest BCUT2D eigenvalue weighted by Gasteiger charge is -2.30. The Balaban J connectivity index is 1.58. The molecule has 4 rings (SSSR count). The van der Waals surface area contributed by atoms with Crippen LogP contribution in [0.5, 0.6) is 0 Å². The molecule has 1 spiro atoms. The molecular formula is C18H17NO4. The predicted octanol–water partition coefficient (Wildman–Crippen LogP) is 3.11. The Morgan fingerprint density at radius 2 is 2.00 bits per heavy atom. The van der Waals surface area contributed by atoms with Gasteiger partial charge in [0.2, 0.25) is 0 Å². The molecule has 23 heavy (non-hydrogen) atoms. The molecule has 0 heterocycles. The first-order chi connectivity index (χ1) is 11.0. The third-order valence-corrected chi connectivity index (χ3v) is 5.62. The molecule has 3 aliphatic carbocycles. The smallest absolute Gasteiger partial charge is 0.269 e. The fraction of sp³-hybridized carbons (Fsp3) is 0.389. The molecule has 1 aromatic carbocycles. The molecule has 118 valence electrons. The van der Waals surface area contributed by atoms with Gasteiger partial charge >= 0.3 is 0 Å². The van der Waals surface area contributed by atoms with Gasteiger partial charge in [0.1, 0.15) is 6.10 Å². The number of fused-ring (bicyclic) bond motifs is 3. The minimum atomic E-state index is -1.01. The lowest BCUT2D eigenvalue weighted by molar-refractivity contribution is -0.384. The summed E-state index contributed by atoms with van der Waals surface area (Å²) < 4.78 is 0. The number of aliphatic hydroxyl groups is 1. The number of aliphatic hydroxyl groups excluding tert-OH is 1. The van der Waals surface area contributed by atoms with Crippen LogP contribution in [0, 0.1) is 27.4 Å². The van der Waals surface area contributed by atoms with Crippen molar-refractivity contribution < 1.29 is 14.8 Å². The molecule has 0 amide bonds. The molecule has 0 unspecified atom stereocenters. The van der Waals surface area contributed by atoms with Crippen molar-refractivity contribution in [3.63, 3.8) is 0 Å². The fourth-order valence-electron chi connectivity index (χ4n) is 4.41. The Labute approximate surface area is 133 Å². The zero-order chi connectivity index (χ0) is 16.2. The van der Waals surface area contributed by atoms with E-state index in [9.17, 15) is 20.0 Å². The van der Waals surface area contributed by atoms with E-state index in [1.54, 1.807) is 0 Å². The van der Waals surface area contributed by atoms with Crippen LogP contribution in [0.3, 0.4) is 0 Å². The van der Waals surface area contributed by atoms with Crippen molar-refractivity contribution in [3.8, 4) is 0 Å². The van der Waals surface area contributed by atoms with Crippen molar-refractivity contribution in [2.24, 2.45) is 17.3 Å². The van der Waals surface area contributed by atoms with Crippen LogP contribution in [0.15, 0.2) is 48.1 Å². The van der Waals surface area contributed by atoms with Crippen LogP contribution in [0.1, 0.15) is 30.9 Å². The molecule has 2 bridgehead atoms. The number of benzene rings is 1. The van der Waals surface area contributed by atoms with Crippen LogP contribution in [-0.4, -0.2) is 15.8 Å². The van der Waals surface area contributed by atoms with Gasteiger partial charge < -0.3 is 5.11 Å². The average molecular weight is 311 g/mol. The van der Waals surface area contributed by atoms with Crippen LogP contribution >= 0.6 is 0 Å². The largest absolute Gasteiger partial charge is 0.384 e. The molecule has 3 aliphatic rings. The summed E-state index contributed by atoms with van der Waals surface area (Å²) >= 11 is 0. The molecule has 1 saturated carbocycles. The Kier molecular flexibility index (Phi) is 3.03. The Hall–Kier alpha value is -2.27. The number of carbonyl (C=O) groups is 1. The normalized spacial score (nSPS) is 32.6. The fourth-order valence-corrected chi connectivity index (χ4v) is 4.41. The van der Waals surface area contributed by atoms with Crippen LogP contribution in [-0.2, 0) is 4.79 Å². The van der Waals surface area contributed by atoms with Gasteiger partial charge in [-0.15, -0.1) is 0 Å². The highest BCUT2D eigenvalue weighted by Crippen LogP contribution is 2.58. The average Bonchev–Trinajstić information content (AvgIpc) is 3.23. The van der Waals surface area contributed by atoms with E-state index in [-0.39, 0.29) is 22.8 Å². The number of hydrogen-bond acceptors (Lipinski definition) is 4. The minimum Gasteiger partial charge on any atom is -0.384 e. The number of nitro benzene ring substituents is 1. The maximum Gasteiger partial charge on any atom is 0.269 e. The Morgan fingerprint density at radius 3 is 2.57 bits per heavy atom. The first kappa shape index (κ1) is 14.3.